The smallest absolute Gasteiger partial charge is 0.161 e. The van der Waals surface area contributed by atoms with Gasteiger partial charge in [0.15, 0.2) is 34.6 Å². The van der Waals surface area contributed by atoms with Crippen molar-refractivity contribution in [3.05, 3.63) is 46.5 Å². The fraction of sp³-hybridized carbons (Fsp3) is 0.364. The van der Waals surface area contributed by atoms with Crippen LogP contribution < -0.4 is 18.9 Å². The molecule has 150 valence electrons. The van der Waals surface area contributed by atoms with E-state index in [0.29, 0.717) is 47.0 Å². The molecule has 0 amide bonds. The van der Waals surface area contributed by atoms with Crippen molar-refractivity contribution in [2.75, 3.05) is 28.4 Å². The maximum absolute atomic E-state index is 12.1. The van der Waals surface area contributed by atoms with Gasteiger partial charge in [0.05, 0.1) is 28.4 Å². The van der Waals surface area contributed by atoms with Crippen LogP contribution in [0.25, 0.3) is 0 Å². The highest BCUT2D eigenvalue weighted by atomic mass is 16.5. The maximum atomic E-state index is 12.1. The summed E-state index contributed by atoms with van der Waals surface area (Å²) in [4.78, 5) is 24.2. The lowest BCUT2D eigenvalue weighted by Crippen LogP contribution is -2.07. The third-order valence-electron chi connectivity index (χ3n) is 4.64. The Bertz CT molecular complexity index is 812. The number of carbonyl (C=O) groups excluding carboxylic acids is 2. The quantitative estimate of drug-likeness (QED) is 0.609. The predicted octanol–water partition coefficient (Wildman–Crippen LogP) is 3.91. The first-order valence-corrected chi connectivity index (χ1v) is 8.87. The first-order valence-electron chi connectivity index (χ1n) is 8.87. The lowest BCUT2D eigenvalue weighted by Gasteiger charge is -2.16. The molecule has 2 aromatic carbocycles. The van der Waals surface area contributed by atoms with Gasteiger partial charge in [-0.05, 0) is 62.1 Å². The van der Waals surface area contributed by atoms with E-state index >= 15 is 0 Å². The molecule has 28 heavy (non-hydrogen) atoms. The summed E-state index contributed by atoms with van der Waals surface area (Å²) in [5, 5.41) is 0. The summed E-state index contributed by atoms with van der Waals surface area (Å²) in [6.07, 6.45) is 1.09. The van der Waals surface area contributed by atoms with Gasteiger partial charge in [-0.3, -0.25) is 9.59 Å². The predicted molar refractivity (Wildman–Crippen MR) is 107 cm³/mol. The van der Waals surface area contributed by atoms with Crippen LogP contribution in [0.1, 0.15) is 45.7 Å². The van der Waals surface area contributed by atoms with E-state index in [1.165, 1.54) is 28.1 Å². The summed E-state index contributed by atoms with van der Waals surface area (Å²) in [7, 11) is 6.17. The number of ether oxygens (including phenoxy) is 4. The van der Waals surface area contributed by atoms with E-state index in [4.69, 9.17) is 18.9 Å². The molecular weight excluding hydrogens is 360 g/mol. The van der Waals surface area contributed by atoms with Crippen LogP contribution in [-0.2, 0) is 12.8 Å². The fourth-order valence-electron chi connectivity index (χ4n) is 3.18. The van der Waals surface area contributed by atoms with Gasteiger partial charge in [-0.1, -0.05) is 0 Å². The van der Waals surface area contributed by atoms with E-state index in [1.54, 1.807) is 26.4 Å². The molecule has 0 saturated carbocycles. The minimum Gasteiger partial charge on any atom is -0.493 e. The first-order chi connectivity index (χ1) is 13.4. The van der Waals surface area contributed by atoms with Crippen LogP contribution in [0.5, 0.6) is 23.0 Å². The Balaban J connectivity index is 2.45. The highest BCUT2D eigenvalue weighted by Gasteiger charge is 2.17. The number of hydrogen-bond acceptors (Lipinski definition) is 6. The molecule has 0 aliphatic rings. The topological polar surface area (TPSA) is 71.1 Å². The zero-order chi connectivity index (χ0) is 20.8. The molecule has 0 bridgehead atoms. The summed E-state index contributed by atoms with van der Waals surface area (Å²) in [6.45, 7) is 3.03. The molecule has 6 heteroatoms. The molecule has 2 rings (SSSR count). The van der Waals surface area contributed by atoms with E-state index in [2.05, 4.69) is 0 Å². The Hall–Kier alpha value is -3.02. The number of ketones is 2. The van der Waals surface area contributed by atoms with Crippen molar-refractivity contribution in [3.63, 3.8) is 0 Å². The van der Waals surface area contributed by atoms with Gasteiger partial charge in [0, 0.05) is 11.1 Å². The van der Waals surface area contributed by atoms with Gasteiger partial charge in [0.2, 0.25) is 0 Å². The van der Waals surface area contributed by atoms with Gasteiger partial charge < -0.3 is 18.9 Å². The standard InChI is InChI=1S/C22H26O6/c1-13(23)17-11-21(27-5)19(25-3)9-15(17)7-8-16-10-20(26-4)22(28-6)12-18(16)14(2)24/h9-12H,7-8H2,1-6H3. The van der Waals surface area contributed by atoms with Gasteiger partial charge >= 0.3 is 0 Å². The van der Waals surface area contributed by atoms with Crippen LogP contribution in [0, 0.1) is 0 Å². The Kier molecular flexibility index (Phi) is 7.04. The number of methoxy groups -OCH3 is 4. The van der Waals surface area contributed by atoms with Gasteiger partial charge in [0.1, 0.15) is 0 Å². The molecular formula is C22H26O6. The minimum absolute atomic E-state index is 0.0601. The van der Waals surface area contributed by atoms with Crippen molar-refractivity contribution < 1.29 is 28.5 Å². The summed E-state index contributed by atoms with van der Waals surface area (Å²) in [5.41, 5.74) is 2.80. The molecule has 0 saturated heterocycles. The molecule has 0 fully saturated rings. The zero-order valence-corrected chi connectivity index (χ0v) is 17.2. The Labute approximate surface area is 165 Å². The first kappa shape index (κ1) is 21.3. The highest BCUT2D eigenvalue weighted by molar-refractivity contribution is 5.97. The lowest BCUT2D eigenvalue weighted by molar-refractivity contribution is 0.100. The van der Waals surface area contributed by atoms with Gasteiger partial charge in [0.25, 0.3) is 0 Å². The molecule has 2 aromatic rings. The number of carbonyl (C=O) groups is 2. The summed E-state index contributed by atoms with van der Waals surface area (Å²) < 4.78 is 21.3. The normalized spacial score (nSPS) is 10.4. The van der Waals surface area contributed by atoms with Crippen LogP contribution in [0.15, 0.2) is 24.3 Å². The molecule has 0 aliphatic heterocycles. The second-order valence-electron chi connectivity index (χ2n) is 6.34. The van der Waals surface area contributed by atoms with E-state index in [1.807, 2.05) is 12.1 Å². The molecule has 0 spiro atoms. The molecule has 0 aliphatic carbocycles. The molecule has 0 atom stereocenters. The third kappa shape index (κ3) is 4.44. The number of benzene rings is 2. The Morgan fingerprint density at radius 2 is 0.893 bits per heavy atom. The molecule has 0 radical (unpaired) electrons. The number of Topliss-reactive ketones (excluding diaryl/α,β-unsaturated/α-hetero) is 2. The van der Waals surface area contributed by atoms with E-state index in [-0.39, 0.29) is 11.6 Å². The summed E-state index contributed by atoms with van der Waals surface area (Å²) in [6, 6.07) is 7.00. The average molecular weight is 386 g/mol. The van der Waals surface area contributed by atoms with Crippen LogP contribution in [-0.4, -0.2) is 40.0 Å². The average Bonchev–Trinajstić information content (AvgIpc) is 2.70. The molecule has 0 unspecified atom stereocenters. The second-order valence-corrected chi connectivity index (χ2v) is 6.34. The van der Waals surface area contributed by atoms with Crippen LogP contribution in [0.4, 0.5) is 0 Å². The lowest BCUT2D eigenvalue weighted by atomic mass is 9.93. The van der Waals surface area contributed by atoms with Gasteiger partial charge in [-0.15, -0.1) is 0 Å². The fourth-order valence-corrected chi connectivity index (χ4v) is 3.18. The third-order valence-corrected chi connectivity index (χ3v) is 4.64. The van der Waals surface area contributed by atoms with Crippen molar-refractivity contribution in [3.8, 4) is 23.0 Å². The van der Waals surface area contributed by atoms with Crippen molar-refractivity contribution in [1.82, 2.24) is 0 Å². The number of aryl methyl sites for hydroxylation is 2. The molecule has 0 heterocycles. The van der Waals surface area contributed by atoms with Gasteiger partial charge in [-0.2, -0.15) is 0 Å². The summed E-state index contributed by atoms with van der Waals surface area (Å²) >= 11 is 0. The van der Waals surface area contributed by atoms with E-state index in [0.717, 1.165) is 11.1 Å². The van der Waals surface area contributed by atoms with Crippen molar-refractivity contribution in [2.24, 2.45) is 0 Å². The minimum atomic E-state index is -0.0601. The van der Waals surface area contributed by atoms with Crippen LogP contribution in [0.3, 0.4) is 0 Å². The van der Waals surface area contributed by atoms with Crippen molar-refractivity contribution >= 4 is 11.6 Å². The highest BCUT2D eigenvalue weighted by Crippen LogP contribution is 2.34. The van der Waals surface area contributed by atoms with E-state index in [9.17, 15) is 9.59 Å². The molecule has 6 nitrogen and oxygen atoms in total. The summed E-state index contributed by atoms with van der Waals surface area (Å²) in [5.74, 6) is 2.01. The number of rotatable bonds is 9. The van der Waals surface area contributed by atoms with Crippen molar-refractivity contribution in [2.45, 2.75) is 26.7 Å². The second kappa shape index (κ2) is 9.26. The largest absolute Gasteiger partial charge is 0.493 e. The zero-order valence-electron chi connectivity index (χ0n) is 17.2. The SMILES string of the molecule is COc1cc(CCc2cc(OC)c(OC)cc2C(C)=O)c(C(C)=O)cc1OC. The Morgan fingerprint density at radius 1 is 0.607 bits per heavy atom. The number of hydrogen-bond donors (Lipinski definition) is 0. The molecule has 0 aromatic heterocycles. The van der Waals surface area contributed by atoms with Gasteiger partial charge in [-0.25, -0.2) is 0 Å². The van der Waals surface area contributed by atoms with Crippen LogP contribution >= 0.6 is 0 Å². The maximum Gasteiger partial charge on any atom is 0.161 e. The Morgan fingerprint density at radius 3 is 1.14 bits per heavy atom. The van der Waals surface area contributed by atoms with Crippen molar-refractivity contribution in [1.29, 1.82) is 0 Å². The van der Waals surface area contributed by atoms with Crippen LogP contribution in [0.2, 0.25) is 0 Å². The van der Waals surface area contributed by atoms with E-state index < -0.39 is 0 Å². The monoisotopic (exact) mass is 386 g/mol. The molecule has 0 N–H and O–H groups in total.